The topological polar surface area (TPSA) is 29.1 Å². The maximum atomic E-state index is 11.0. The zero-order valence-electron chi connectivity index (χ0n) is 9.73. The number of carbonyl (C=O) groups is 1. The van der Waals surface area contributed by atoms with Crippen LogP contribution in [0.25, 0.3) is 0 Å². The lowest BCUT2D eigenvalue weighted by atomic mass is 9.87. The number of carbonyl (C=O) groups excluding carboxylic acids is 1. The second kappa shape index (κ2) is 6.63. The van der Waals surface area contributed by atoms with Crippen LogP contribution < -0.4 is 5.32 Å². The summed E-state index contributed by atoms with van der Waals surface area (Å²) in [6, 6.07) is 0. The number of amides is 1. The molecule has 0 heterocycles. The Labute approximate surface area is 87.8 Å². The van der Waals surface area contributed by atoms with E-state index in [0.29, 0.717) is 0 Å². The monoisotopic (exact) mass is 197 g/mol. The van der Waals surface area contributed by atoms with Gasteiger partial charge in [-0.3, -0.25) is 4.79 Å². The molecule has 82 valence electrons. The Bertz CT molecular complexity index is 185. The van der Waals surface area contributed by atoms with Crippen molar-refractivity contribution in [1.29, 1.82) is 0 Å². The fraction of sp³-hybridized carbons (Fsp3) is 0.750. The summed E-state index contributed by atoms with van der Waals surface area (Å²) in [5, 5.41) is 2.84. The number of rotatable bonds is 7. The van der Waals surface area contributed by atoms with E-state index in [4.69, 9.17) is 0 Å². The van der Waals surface area contributed by atoms with Crippen molar-refractivity contribution in [3.05, 3.63) is 12.7 Å². The molecule has 0 aliphatic heterocycles. The van der Waals surface area contributed by atoms with Gasteiger partial charge in [-0.1, -0.05) is 46.6 Å². The molecule has 0 spiro atoms. The Kier molecular flexibility index (Phi) is 6.26. The van der Waals surface area contributed by atoms with Gasteiger partial charge >= 0.3 is 0 Å². The zero-order valence-corrected chi connectivity index (χ0v) is 9.73. The van der Waals surface area contributed by atoms with Gasteiger partial charge in [0.25, 0.3) is 0 Å². The molecule has 2 heteroatoms. The van der Waals surface area contributed by atoms with Gasteiger partial charge in [-0.25, -0.2) is 0 Å². The van der Waals surface area contributed by atoms with E-state index in [1.54, 1.807) is 0 Å². The highest BCUT2D eigenvalue weighted by Gasteiger charge is 2.17. The highest BCUT2D eigenvalue weighted by atomic mass is 16.1. The molecule has 0 rings (SSSR count). The number of hydrogen-bond donors (Lipinski definition) is 1. The summed E-state index contributed by atoms with van der Waals surface area (Å²) in [7, 11) is 0. The van der Waals surface area contributed by atoms with Gasteiger partial charge in [0.1, 0.15) is 0 Å². The molecule has 0 saturated carbocycles. The summed E-state index contributed by atoms with van der Waals surface area (Å²) in [5.74, 6) is -0.0754. The van der Waals surface area contributed by atoms with E-state index in [9.17, 15) is 4.79 Å². The van der Waals surface area contributed by atoms with Crippen LogP contribution in [0.3, 0.4) is 0 Å². The second-order valence-electron chi connectivity index (χ2n) is 4.54. The number of hydrogen-bond acceptors (Lipinski definition) is 1. The SMILES string of the molecule is C=CC(=O)NCC(C)(C)CCCCC. The van der Waals surface area contributed by atoms with Crippen LogP contribution in [-0.4, -0.2) is 12.5 Å². The molecule has 0 atom stereocenters. The number of unbranched alkanes of at least 4 members (excludes halogenated alkanes) is 2. The maximum absolute atomic E-state index is 11.0. The molecule has 0 aliphatic carbocycles. The minimum atomic E-state index is -0.0754. The molecule has 0 bridgehead atoms. The molecule has 0 radical (unpaired) electrons. The highest BCUT2D eigenvalue weighted by Crippen LogP contribution is 2.22. The van der Waals surface area contributed by atoms with Crippen LogP contribution in [0.2, 0.25) is 0 Å². The molecular formula is C12H23NO. The first-order chi connectivity index (χ1) is 6.52. The first-order valence-electron chi connectivity index (χ1n) is 5.42. The van der Waals surface area contributed by atoms with Gasteiger partial charge in [-0.15, -0.1) is 0 Å². The van der Waals surface area contributed by atoms with Crippen molar-refractivity contribution in [2.45, 2.75) is 46.5 Å². The molecule has 0 aromatic heterocycles. The van der Waals surface area contributed by atoms with Crippen molar-refractivity contribution < 1.29 is 4.79 Å². The van der Waals surface area contributed by atoms with Gasteiger partial charge in [-0.2, -0.15) is 0 Å². The molecule has 0 fully saturated rings. The Morgan fingerprint density at radius 2 is 2.07 bits per heavy atom. The average molecular weight is 197 g/mol. The average Bonchev–Trinajstić information content (AvgIpc) is 2.14. The van der Waals surface area contributed by atoms with Crippen molar-refractivity contribution in [2.75, 3.05) is 6.54 Å². The van der Waals surface area contributed by atoms with Gasteiger partial charge < -0.3 is 5.32 Å². The standard InChI is InChI=1S/C12H23NO/c1-5-7-8-9-12(3,4)10-13-11(14)6-2/h6H,2,5,7-10H2,1,3-4H3,(H,13,14). The third kappa shape index (κ3) is 6.70. The molecule has 0 unspecified atom stereocenters. The summed E-state index contributed by atoms with van der Waals surface area (Å²) in [6.07, 6.45) is 6.25. The van der Waals surface area contributed by atoms with Gasteiger partial charge in [0.05, 0.1) is 0 Å². The van der Waals surface area contributed by atoms with Crippen LogP contribution in [0.15, 0.2) is 12.7 Å². The van der Waals surface area contributed by atoms with Gasteiger partial charge in [0, 0.05) is 6.54 Å². The van der Waals surface area contributed by atoms with Crippen LogP contribution in [0.5, 0.6) is 0 Å². The van der Waals surface area contributed by atoms with E-state index >= 15 is 0 Å². The summed E-state index contributed by atoms with van der Waals surface area (Å²) in [5.41, 5.74) is 0.202. The first kappa shape index (κ1) is 13.2. The maximum Gasteiger partial charge on any atom is 0.243 e. The largest absolute Gasteiger partial charge is 0.352 e. The van der Waals surface area contributed by atoms with E-state index in [2.05, 4.69) is 32.7 Å². The lowest BCUT2D eigenvalue weighted by molar-refractivity contribution is -0.116. The molecule has 1 amide bonds. The molecular weight excluding hydrogens is 174 g/mol. The molecule has 0 aromatic carbocycles. The quantitative estimate of drug-likeness (QED) is 0.493. The Morgan fingerprint density at radius 1 is 1.43 bits per heavy atom. The van der Waals surface area contributed by atoms with Crippen molar-refractivity contribution in [2.24, 2.45) is 5.41 Å². The van der Waals surface area contributed by atoms with Gasteiger partial charge in [0.2, 0.25) is 5.91 Å². The Morgan fingerprint density at radius 3 is 2.57 bits per heavy atom. The van der Waals surface area contributed by atoms with Crippen LogP contribution in [-0.2, 0) is 4.79 Å². The van der Waals surface area contributed by atoms with Crippen molar-refractivity contribution >= 4 is 5.91 Å². The molecule has 2 nitrogen and oxygen atoms in total. The van der Waals surface area contributed by atoms with Gasteiger partial charge in [0.15, 0.2) is 0 Å². The smallest absolute Gasteiger partial charge is 0.243 e. The molecule has 0 aromatic rings. The van der Waals surface area contributed by atoms with E-state index < -0.39 is 0 Å². The summed E-state index contributed by atoms with van der Waals surface area (Å²) in [6.45, 7) is 10.7. The predicted molar refractivity (Wildman–Crippen MR) is 61.1 cm³/mol. The van der Waals surface area contributed by atoms with E-state index in [1.807, 2.05) is 0 Å². The number of nitrogens with one attached hydrogen (secondary N) is 1. The minimum Gasteiger partial charge on any atom is -0.352 e. The van der Waals surface area contributed by atoms with Crippen LogP contribution >= 0.6 is 0 Å². The fourth-order valence-electron chi connectivity index (χ4n) is 1.34. The highest BCUT2D eigenvalue weighted by molar-refractivity contribution is 5.86. The zero-order chi connectivity index (χ0) is 11.0. The Hall–Kier alpha value is -0.790. The molecule has 1 N–H and O–H groups in total. The summed E-state index contributed by atoms with van der Waals surface area (Å²) >= 11 is 0. The van der Waals surface area contributed by atoms with E-state index in [1.165, 1.54) is 25.3 Å². The van der Waals surface area contributed by atoms with Crippen molar-refractivity contribution in [1.82, 2.24) is 5.32 Å². The minimum absolute atomic E-state index is 0.0754. The molecule has 0 aliphatic rings. The van der Waals surface area contributed by atoms with E-state index in [0.717, 1.165) is 13.0 Å². The van der Waals surface area contributed by atoms with Crippen LogP contribution in [0.4, 0.5) is 0 Å². The fourth-order valence-corrected chi connectivity index (χ4v) is 1.34. The predicted octanol–water partition coefficient (Wildman–Crippen LogP) is 2.90. The third-order valence-corrected chi connectivity index (χ3v) is 2.38. The summed E-state index contributed by atoms with van der Waals surface area (Å²) in [4.78, 5) is 11.0. The Balaban J connectivity index is 3.70. The first-order valence-corrected chi connectivity index (χ1v) is 5.42. The molecule has 14 heavy (non-hydrogen) atoms. The molecule has 0 saturated heterocycles. The second-order valence-corrected chi connectivity index (χ2v) is 4.54. The lowest BCUT2D eigenvalue weighted by Crippen LogP contribution is -2.32. The van der Waals surface area contributed by atoms with Crippen LogP contribution in [0.1, 0.15) is 46.5 Å². The van der Waals surface area contributed by atoms with Crippen molar-refractivity contribution in [3.63, 3.8) is 0 Å². The van der Waals surface area contributed by atoms with Crippen LogP contribution in [0, 0.1) is 5.41 Å². The van der Waals surface area contributed by atoms with E-state index in [-0.39, 0.29) is 11.3 Å². The normalized spacial score (nSPS) is 11.1. The third-order valence-electron chi connectivity index (χ3n) is 2.38. The lowest BCUT2D eigenvalue weighted by Gasteiger charge is -2.24. The summed E-state index contributed by atoms with van der Waals surface area (Å²) < 4.78 is 0. The van der Waals surface area contributed by atoms with Crippen molar-refractivity contribution in [3.8, 4) is 0 Å². The van der Waals surface area contributed by atoms with Gasteiger partial charge in [-0.05, 0) is 17.9 Å².